The predicted molar refractivity (Wildman–Crippen MR) is 123 cm³/mol. The molecule has 11 heteroatoms. The van der Waals surface area contributed by atoms with Crippen LogP contribution in [-0.4, -0.2) is 52.3 Å². The molecule has 0 saturated carbocycles. The number of carbonyl (C=O) groups excluding carboxylic acids is 3. The van der Waals surface area contributed by atoms with Crippen LogP contribution in [-0.2, 0) is 4.79 Å². The van der Waals surface area contributed by atoms with E-state index in [4.69, 9.17) is 29.4 Å². The molecule has 2 rings (SSSR count). The highest BCUT2D eigenvalue weighted by Crippen LogP contribution is 2.38. The van der Waals surface area contributed by atoms with Gasteiger partial charge in [-0.05, 0) is 36.8 Å². The van der Waals surface area contributed by atoms with Gasteiger partial charge < -0.3 is 29.4 Å². The van der Waals surface area contributed by atoms with Gasteiger partial charge in [0.2, 0.25) is 5.75 Å². The fraction of sp³-hybridized carbons (Fsp3) is 0.348. The predicted octanol–water partition coefficient (Wildman–Crippen LogP) is 1.83. The van der Waals surface area contributed by atoms with Crippen molar-refractivity contribution in [3.8, 4) is 28.7 Å². The van der Waals surface area contributed by atoms with Crippen molar-refractivity contribution >= 4 is 17.7 Å². The van der Waals surface area contributed by atoms with Crippen molar-refractivity contribution in [2.45, 2.75) is 19.8 Å². The Morgan fingerprint density at radius 2 is 1.35 bits per heavy atom. The minimum Gasteiger partial charge on any atom is -0.493 e. The van der Waals surface area contributed by atoms with Crippen LogP contribution in [0.25, 0.3) is 0 Å². The number of hydrogen-bond donors (Lipinski definition) is 3. The monoisotopic (exact) mass is 475 g/mol. The highest BCUT2D eigenvalue weighted by Gasteiger charge is 2.19. The average molecular weight is 475 g/mol. The lowest BCUT2D eigenvalue weighted by Crippen LogP contribution is -2.41. The van der Waals surface area contributed by atoms with Crippen molar-refractivity contribution < 1.29 is 38.1 Å². The van der Waals surface area contributed by atoms with E-state index in [1.807, 2.05) is 0 Å². The average Bonchev–Trinajstić information content (AvgIpc) is 2.85. The van der Waals surface area contributed by atoms with Crippen LogP contribution in [0.3, 0.4) is 0 Å². The molecule has 184 valence electrons. The quantitative estimate of drug-likeness (QED) is 0.311. The Hall–Kier alpha value is -4.15. The van der Waals surface area contributed by atoms with Gasteiger partial charge in [0.1, 0.15) is 0 Å². The summed E-state index contributed by atoms with van der Waals surface area (Å²) in [4.78, 5) is 36.2. The lowest BCUT2D eigenvalue weighted by Gasteiger charge is -2.16. The molecule has 11 nitrogen and oxygen atoms in total. The highest BCUT2D eigenvalue weighted by atomic mass is 16.5. The maximum absolute atomic E-state index is 12.6. The highest BCUT2D eigenvalue weighted by molar-refractivity contribution is 6.00. The molecule has 0 bridgehead atoms. The van der Waals surface area contributed by atoms with Gasteiger partial charge in [-0.3, -0.25) is 25.2 Å². The van der Waals surface area contributed by atoms with Gasteiger partial charge in [-0.2, -0.15) is 0 Å². The fourth-order valence-electron chi connectivity index (χ4n) is 2.81. The van der Waals surface area contributed by atoms with Crippen LogP contribution in [0.2, 0.25) is 0 Å². The zero-order valence-electron chi connectivity index (χ0n) is 19.6. The van der Waals surface area contributed by atoms with Gasteiger partial charge >= 0.3 is 0 Å². The van der Waals surface area contributed by atoms with Gasteiger partial charge in [-0.15, -0.1) is 0 Å². The number of rotatable bonds is 12. The van der Waals surface area contributed by atoms with Crippen LogP contribution < -0.4 is 40.3 Å². The number of carbonyl (C=O) groups is 3. The summed E-state index contributed by atoms with van der Waals surface area (Å²) in [5.41, 5.74) is 10.1. The lowest BCUT2D eigenvalue weighted by atomic mass is 10.1. The van der Waals surface area contributed by atoms with Crippen LogP contribution in [0, 0.1) is 0 Å². The van der Waals surface area contributed by atoms with E-state index in [1.54, 1.807) is 12.1 Å². The molecule has 0 spiro atoms. The van der Waals surface area contributed by atoms with Gasteiger partial charge in [0, 0.05) is 11.1 Å². The minimum absolute atomic E-state index is 0.109. The normalized spacial score (nSPS) is 10.1. The zero-order valence-corrected chi connectivity index (χ0v) is 19.6. The summed E-state index contributed by atoms with van der Waals surface area (Å²) in [7, 11) is 4.19. The number of nitrogens with two attached hydrogens (primary N) is 1. The third kappa shape index (κ3) is 6.92. The molecule has 4 N–H and O–H groups in total. The first-order valence-corrected chi connectivity index (χ1v) is 10.4. The summed E-state index contributed by atoms with van der Waals surface area (Å²) in [6.07, 6.45) is 1.88. The van der Waals surface area contributed by atoms with Crippen molar-refractivity contribution in [1.82, 2.24) is 10.9 Å². The summed E-state index contributed by atoms with van der Waals surface area (Å²) in [6.45, 7) is 2.19. The van der Waals surface area contributed by atoms with E-state index in [0.717, 1.165) is 12.8 Å². The Kier molecular flexibility index (Phi) is 9.81. The fourth-order valence-corrected chi connectivity index (χ4v) is 2.81. The molecule has 0 aromatic heterocycles. The number of benzene rings is 2. The van der Waals surface area contributed by atoms with E-state index in [2.05, 4.69) is 17.8 Å². The van der Waals surface area contributed by atoms with Crippen LogP contribution in [0.4, 0.5) is 0 Å². The first-order valence-electron chi connectivity index (χ1n) is 10.4. The number of hydrazine groups is 1. The molecule has 0 aliphatic rings. The Morgan fingerprint density at radius 1 is 0.794 bits per heavy atom. The van der Waals surface area contributed by atoms with Crippen molar-refractivity contribution in [2.24, 2.45) is 5.73 Å². The topological polar surface area (TPSA) is 147 Å². The molecule has 3 amide bonds. The van der Waals surface area contributed by atoms with E-state index in [1.165, 1.54) is 39.5 Å². The molecule has 0 fully saturated rings. The molecule has 2 aromatic carbocycles. The molecule has 0 radical (unpaired) electrons. The van der Waals surface area contributed by atoms with E-state index in [9.17, 15) is 14.4 Å². The SMILES string of the molecule is CCCCOc1ccc(C(=O)NNC(=O)c2cc(OC)c(OCC(N)=O)c(OC)c2)cc1OC. The second kappa shape index (κ2) is 12.8. The number of hydrogen-bond acceptors (Lipinski definition) is 8. The van der Waals surface area contributed by atoms with Gasteiger partial charge in [-0.25, -0.2) is 0 Å². The van der Waals surface area contributed by atoms with Crippen LogP contribution >= 0.6 is 0 Å². The van der Waals surface area contributed by atoms with Crippen LogP contribution in [0.5, 0.6) is 28.7 Å². The Bertz CT molecular complexity index is 1000. The summed E-state index contributed by atoms with van der Waals surface area (Å²) < 4.78 is 26.7. The van der Waals surface area contributed by atoms with Crippen molar-refractivity contribution in [2.75, 3.05) is 34.5 Å². The molecular weight excluding hydrogens is 446 g/mol. The maximum Gasteiger partial charge on any atom is 0.269 e. The third-order valence-corrected chi connectivity index (χ3v) is 4.55. The van der Waals surface area contributed by atoms with E-state index < -0.39 is 24.3 Å². The van der Waals surface area contributed by atoms with Gasteiger partial charge in [0.25, 0.3) is 17.7 Å². The lowest BCUT2D eigenvalue weighted by molar-refractivity contribution is -0.120. The molecule has 2 aromatic rings. The van der Waals surface area contributed by atoms with Crippen LogP contribution in [0.1, 0.15) is 40.5 Å². The molecule has 0 heterocycles. The molecule has 0 aliphatic carbocycles. The Morgan fingerprint density at radius 3 is 1.88 bits per heavy atom. The standard InChI is InChI=1S/C23H29N3O8/c1-5-6-9-33-16-8-7-14(10-17(16)30-2)22(28)25-26-23(29)15-11-18(31-3)21(19(12-15)32-4)34-13-20(24)27/h7-8,10-12H,5-6,9,13H2,1-4H3,(H2,24,27)(H,25,28)(H,26,29). The third-order valence-electron chi connectivity index (χ3n) is 4.55. The van der Waals surface area contributed by atoms with E-state index in [-0.39, 0.29) is 28.4 Å². The summed E-state index contributed by atoms with van der Waals surface area (Å²) >= 11 is 0. The van der Waals surface area contributed by atoms with Gasteiger partial charge in [-0.1, -0.05) is 13.3 Å². The Labute approximate surface area is 197 Å². The van der Waals surface area contributed by atoms with E-state index in [0.29, 0.717) is 18.1 Å². The summed E-state index contributed by atoms with van der Waals surface area (Å²) in [6, 6.07) is 7.44. The molecule has 0 unspecified atom stereocenters. The first-order chi connectivity index (χ1) is 16.3. The van der Waals surface area contributed by atoms with Crippen molar-refractivity contribution in [3.05, 3.63) is 41.5 Å². The smallest absolute Gasteiger partial charge is 0.269 e. The number of ether oxygens (including phenoxy) is 5. The zero-order chi connectivity index (χ0) is 25.1. The molecular formula is C23H29N3O8. The number of amides is 3. The van der Waals surface area contributed by atoms with Gasteiger partial charge in [0.15, 0.2) is 29.6 Å². The second-order valence-electron chi connectivity index (χ2n) is 6.94. The number of methoxy groups -OCH3 is 3. The van der Waals surface area contributed by atoms with Crippen LogP contribution in [0.15, 0.2) is 30.3 Å². The molecule has 34 heavy (non-hydrogen) atoms. The number of primary amides is 1. The minimum atomic E-state index is -0.689. The maximum atomic E-state index is 12.6. The largest absolute Gasteiger partial charge is 0.493 e. The van der Waals surface area contributed by atoms with Crippen molar-refractivity contribution in [1.29, 1.82) is 0 Å². The molecule has 0 aliphatic heterocycles. The summed E-state index contributed by atoms with van der Waals surface area (Å²) in [5, 5.41) is 0. The number of nitrogens with one attached hydrogen (secondary N) is 2. The summed E-state index contributed by atoms with van der Waals surface area (Å²) in [5.74, 6) is -0.583. The molecule has 0 atom stereocenters. The Balaban J connectivity index is 2.11. The van der Waals surface area contributed by atoms with E-state index >= 15 is 0 Å². The van der Waals surface area contributed by atoms with Crippen molar-refractivity contribution in [3.63, 3.8) is 0 Å². The number of unbranched alkanes of at least 4 members (excludes halogenated alkanes) is 1. The second-order valence-corrected chi connectivity index (χ2v) is 6.94. The molecule has 0 saturated heterocycles. The van der Waals surface area contributed by atoms with Gasteiger partial charge in [0.05, 0.1) is 27.9 Å². The first kappa shape index (κ1) is 26.1.